The number of nitrogens with zero attached hydrogens (tertiary/aromatic N) is 4. The fourth-order valence-corrected chi connectivity index (χ4v) is 1.71. The number of aliphatic imine (C=N–C) groups is 1. The minimum atomic E-state index is -0.466. The summed E-state index contributed by atoms with van der Waals surface area (Å²) in [5.74, 6) is -0.161. The second-order valence-corrected chi connectivity index (χ2v) is 4.69. The van der Waals surface area contributed by atoms with E-state index >= 15 is 0 Å². The molecule has 1 rings (SSSR count). The van der Waals surface area contributed by atoms with E-state index in [1.807, 2.05) is 0 Å². The average molecular weight is 340 g/mol. The lowest BCUT2D eigenvalue weighted by atomic mass is 10.3. The van der Waals surface area contributed by atoms with Crippen LogP contribution < -0.4 is 27.4 Å². The molecule has 0 aliphatic heterocycles. The first kappa shape index (κ1) is 18.2. The minimum Gasteiger partial charge on any atom is -0.382 e. The minimum absolute atomic E-state index is 0.0221. The van der Waals surface area contributed by atoms with Crippen molar-refractivity contribution in [1.82, 2.24) is 25.9 Å². The highest BCUT2D eigenvalue weighted by molar-refractivity contribution is 6.31. The van der Waals surface area contributed by atoms with Gasteiger partial charge in [-0.25, -0.2) is 9.97 Å². The molecule has 124 valence electrons. The number of carbonyl (C=O) groups excluding carboxylic acids is 1. The molecule has 0 fully saturated rings. The van der Waals surface area contributed by atoms with Crippen LogP contribution in [0.15, 0.2) is 4.99 Å². The summed E-state index contributed by atoms with van der Waals surface area (Å²) in [5.41, 5.74) is 11.0. The number of rotatable bonds is 6. The maximum atomic E-state index is 11.9. The van der Waals surface area contributed by atoms with Gasteiger partial charge in [0.2, 0.25) is 5.96 Å². The van der Waals surface area contributed by atoms with Crippen LogP contribution in [0.3, 0.4) is 0 Å². The van der Waals surface area contributed by atoms with Gasteiger partial charge in [-0.2, -0.15) is 5.26 Å². The van der Waals surface area contributed by atoms with Gasteiger partial charge < -0.3 is 22.1 Å². The summed E-state index contributed by atoms with van der Waals surface area (Å²) in [5, 5.41) is 16.4. The zero-order chi connectivity index (χ0) is 17.2. The van der Waals surface area contributed by atoms with E-state index in [9.17, 15) is 4.79 Å². The van der Waals surface area contributed by atoms with Crippen molar-refractivity contribution < 1.29 is 4.79 Å². The van der Waals surface area contributed by atoms with Crippen LogP contribution in [-0.2, 0) is 0 Å². The van der Waals surface area contributed by atoms with Gasteiger partial charge in [-0.05, 0) is 12.8 Å². The second-order valence-electron chi connectivity index (χ2n) is 4.33. The number of unbranched alkanes of at least 4 members (excludes halogenated alkanes) is 1. The van der Waals surface area contributed by atoms with Crippen LogP contribution in [0.25, 0.3) is 0 Å². The number of hydrogen-bond acceptors (Lipinski definition) is 7. The smallest absolute Gasteiger partial charge is 0.273 e. The number of guanidine groups is 1. The summed E-state index contributed by atoms with van der Waals surface area (Å²) >= 11 is 5.72. The third kappa shape index (κ3) is 5.84. The molecule has 10 nitrogen and oxygen atoms in total. The van der Waals surface area contributed by atoms with Crippen molar-refractivity contribution in [3.8, 4) is 6.19 Å². The number of nitrogen functional groups attached to an aromatic ring is 2. The summed E-state index contributed by atoms with van der Waals surface area (Å²) in [4.78, 5) is 23.3. The summed E-state index contributed by atoms with van der Waals surface area (Å²) in [6, 6.07) is 0. The predicted molar refractivity (Wildman–Crippen MR) is 87.5 cm³/mol. The fraction of sp³-hybridized carbons (Fsp3) is 0.417. The van der Waals surface area contributed by atoms with E-state index in [4.69, 9.17) is 28.3 Å². The molecule has 0 saturated heterocycles. The van der Waals surface area contributed by atoms with Crippen molar-refractivity contribution in [2.24, 2.45) is 4.99 Å². The Labute approximate surface area is 138 Å². The Bertz CT molecular complexity index is 626. The highest BCUT2D eigenvalue weighted by Gasteiger charge is 2.15. The predicted octanol–water partition coefficient (Wildman–Crippen LogP) is -0.550. The van der Waals surface area contributed by atoms with Gasteiger partial charge in [0.15, 0.2) is 28.7 Å². The molecule has 1 heterocycles. The normalized spacial score (nSPS) is 10.7. The zero-order valence-corrected chi connectivity index (χ0v) is 13.3. The van der Waals surface area contributed by atoms with Crippen LogP contribution in [0.4, 0.5) is 11.6 Å². The second kappa shape index (κ2) is 9.26. The Morgan fingerprint density at radius 1 is 1.26 bits per heavy atom. The SMILES string of the molecule is CN=C(NC#N)NCCCCNC(=O)c1nc(Cl)c(N)nc1N. The van der Waals surface area contributed by atoms with Gasteiger partial charge >= 0.3 is 0 Å². The van der Waals surface area contributed by atoms with E-state index < -0.39 is 5.91 Å². The quantitative estimate of drug-likeness (QED) is 0.151. The van der Waals surface area contributed by atoms with Crippen molar-refractivity contribution in [2.75, 3.05) is 31.6 Å². The van der Waals surface area contributed by atoms with Crippen LogP contribution in [0, 0.1) is 11.5 Å². The first-order chi connectivity index (χ1) is 11.0. The molecule has 0 aromatic carbocycles. The lowest BCUT2D eigenvalue weighted by molar-refractivity contribution is 0.0948. The molecular weight excluding hydrogens is 322 g/mol. The van der Waals surface area contributed by atoms with Crippen LogP contribution in [0.2, 0.25) is 5.15 Å². The van der Waals surface area contributed by atoms with E-state index in [1.54, 1.807) is 13.2 Å². The molecular formula is C12H18ClN9O. The van der Waals surface area contributed by atoms with Crippen LogP contribution in [-0.4, -0.2) is 42.0 Å². The lowest BCUT2D eigenvalue weighted by Gasteiger charge is -2.09. The number of nitriles is 1. The third-order valence-electron chi connectivity index (χ3n) is 2.70. The van der Waals surface area contributed by atoms with Crippen molar-refractivity contribution in [2.45, 2.75) is 12.8 Å². The van der Waals surface area contributed by atoms with Crippen LogP contribution in [0.5, 0.6) is 0 Å². The topological polar surface area (TPSA) is 167 Å². The van der Waals surface area contributed by atoms with Crippen molar-refractivity contribution >= 4 is 35.1 Å². The van der Waals surface area contributed by atoms with E-state index in [0.29, 0.717) is 25.5 Å². The molecule has 1 amide bonds. The fourth-order valence-electron chi connectivity index (χ4n) is 1.58. The average Bonchev–Trinajstić information content (AvgIpc) is 2.52. The largest absolute Gasteiger partial charge is 0.382 e. The van der Waals surface area contributed by atoms with E-state index in [2.05, 4.69) is 30.9 Å². The van der Waals surface area contributed by atoms with Crippen LogP contribution in [0.1, 0.15) is 23.3 Å². The van der Waals surface area contributed by atoms with E-state index in [1.165, 1.54) is 0 Å². The number of anilines is 2. The molecule has 11 heteroatoms. The lowest BCUT2D eigenvalue weighted by Crippen LogP contribution is -2.35. The molecule has 1 aromatic heterocycles. The molecule has 0 spiro atoms. The van der Waals surface area contributed by atoms with Gasteiger partial charge in [0.05, 0.1) is 0 Å². The van der Waals surface area contributed by atoms with Crippen molar-refractivity contribution in [3.63, 3.8) is 0 Å². The Morgan fingerprint density at radius 3 is 2.52 bits per heavy atom. The van der Waals surface area contributed by atoms with Gasteiger partial charge in [0, 0.05) is 20.1 Å². The first-order valence-corrected chi connectivity index (χ1v) is 7.09. The number of nitrogens with two attached hydrogens (primary N) is 2. The molecule has 0 aliphatic carbocycles. The Balaban J connectivity index is 2.33. The summed E-state index contributed by atoms with van der Waals surface area (Å²) in [7, 11) is 1.57. The molecule has 1 aromatic rings. The molecule has 0 atom stereocenters. The molecule has 23 heavy (non-hydrogen) atoms. The monoisotopic (exact) mass is 339 g/mol. The molecule has 0 radical (unpaired) electrons. The number of carbonyl (C=O) groups is 1. The Kier molecular flexibility index (Phi) is 7.35. The highest BCUT2D eigenvalue weighted by Crippen LogP contribution is 2.17. The first-order valence-electron chi connectivity index (χ1n) is 6.72. The summed E-state index contributed by atoms with van der Waals surface area (Å²) in [6.07, 6.45) is 3.24. The molecule has 0 bridgehead atoms. The van der Waals surface area contributed by atoms with Gasteiger partial charge in [0.25, 0.3) is 5.91 Å². The van der Waals surface area contributed by atoms with Gasteiger partial charge in [-0.15, -0.1) is 0 Å². The van der Waals surface area contributed by atoms with Gasteiger partial charge in [0.1, 0.15) is 0 Å². The number of hydrogen-bond donors (Lipinski definition) is 5. The molecule has 0 saturated carbocycles. The van der Waals surface area contributed by atoms with E-state index in [0.717, 1.165) is 6.42 Å². The van der Waals surface area contributed by atoms with Gasteiger partial charge in [-0.1, -0.05) is 11.6 Å². The molecule has 0 unspecified atom stereocenters. The Hall–Kier alpha value is -2.80. The highest BCUT2D eigenvalue weighted by atomic mass is 35.5. The third-order valence-corrected chi connectivity index (χ3v) is 2.98. The molecule has 7 N–H and O–H groups in total. The zero-order valence-electron chi connectivity index (χ0n) is 12.6. The number of aromatic nitrogens is 2. The Morgan fingerprint density at radius 2 is 1.91 bits per heavy atom. The summed E-state index contributed by atoms with van der Waals surface area (Å²) < 4.78 is 0. The number of nitrogens with one attached hydrogen (secondary N) is 3. The number of halogens is 1. The maximum Gasteiger partial charge on any atom is 0.273 e. The van der Waals surface area contributed by atoms with Crippen molar-refractivity contribution in [3.05, 3.63) is 10.8 Å². The van der Waals surface area contributed by atoms with E-state index in [-0.39, 0.29) is 22.5 Å². The standard InChI is InChI=1S/C12H18ClN9O/c1-17-12(20-6-14)19-5-3-2-4-18-11(23)7-9(15)22-10(16)8(13)21-7/h2-5H2,1H3,(H,18,23)(H4,15,16,22)(H2,17,19,20). The maximum absolute atomic E-state index is 11.9. The number of amides is 1. The molecule has 0 aliphatic rings. The van der Waals surface area contributed by atoms with Gasteiger partial charge in [-0.3, -0.25) is 15.1 Å². The van der Waals surface area contributed by atoms with Crippen molar-refractivity contribution in [1.29, 1.82) is 5.26 Å². The summed E-state index contributed by atoms with van der Waals surface area (Å²) in [6.45, 7) is 1.03. The van der Waals surface area contributed by atoms with Crippen LogP contribution >= 0.6 is 11.6 Å².